The lowest BCUT2D eigenvalue weighted by Gasteiger charge is -2.27. The topological polar surface area (TPSA) is 29.1 Å². The van der Waals surface area contributed by atoms with E-state index in [0.29, 0.717) is 17.2 Å². The molecule has 0 aromatic rings. The highest BCUT2D eigenvalue weighted by Crippen LogP contribution is 2.29. The lowest BCUT2D eigenvalue weighted by atomic mass is 9.89. The van der Waals surface area contributed by atoms with Gasteiger partial charge in [-0.3, -0.25) is 4.79 Å². The summed E-state index contributed by atoms with van der Waals surface area (Å²) in [5, 5.41) is 3.12. The Morgan fingerprint density at radius 3 is 2.53 bits per heavy atom. The molecule has 1 aliphatic carbocycles. The van der Waals surface area contributed by atoms with Crippen LogP contribution in [0.2, 0.25) is 0 Å². The summed E-state index contributed by atoms with van der Waals surface area (Å²) >= 11 is 3.74. The molecule has 1 amide bonds. The first-order valence-electron chi connectivity index (χ1n) is 8.14. The standard InChI is InChI=1S/C16H30BrNO/c1-2-3-4-5-6-7-12-16(19)18-13-14-10-8-9-11-15(14)17/h14-15H,2-13H2,1H3,(H,18,19). The predicted octanol–water partition coefficient (Wildman–Crippen LogP) is 4.81. The van der Waals surface area contributed by atoms with Crippen LogP contribution in [0, 0.1) is 5.92 Å². The van der Waals surface area contributed by atoms with Gasteiger partial charge in [-0.15, -0.1) is 0 Å². The Labute approximate surface area is 127 Å². The van der Waals surface area contributed by atoms with Gasteiger partial charge in [-0.2, -0.15) is 0 Å². The molecule has 1 rings (SSSR count). The summed E-state index contributed by atoms with van der Waals surface area (Å²) in [5.74, 6) is 0.892. The maximum Gasteiger partial charge on any atom is 0.220 e. The van der Waals surface area contributed by atoms with Crippen molar-refractivity contribution in [3.8, 4) is 0 Å². The molecule has 0 saturated heterocycles. The molecule has 0 spiro atoms. The van der Waals surface area contributed by atoms with Gasteiger partial charge in [-0.1, -0.05) is 67.8 Å². The SMILES string of the molecule is CCCCCCCCC(=O)NCC1CCCCC1Br. The molecule has 19 heavy (non-hydrogen) atoms. The Balaban J connectivity index is 1.98. The van der Waals surface area contributed by atoms with Gasteiger partial charge in [-0.25, -0.2) is 0 Å². The molecule has 0 heterocycles. The Kier molecular flexibility index (Phi) is 9.58. The number of carbonyl (C=O) groups is 1. The zero-order valence-electron chi connectivity index (χ0n) is 12.4. The minimum atomic E-state index is 0.251. The van der Waals surface area contributed by atoms with E-state index in [1.807, 2.05) is 0 Å². The minimum absolute atomic E-state index is 0.251. The molecule has 112 valence electrons. The van der Waals surface area contributed by atoms with Crippen molar-refractivity contribution in [1.82, 2.24) is 5.32 Å². The van der Waals surface area contributed by atoms with Crippen molar-refractivity contribution < 1.29 is 4.79 Å². The Morgan fingerprint density at radius 2 is 1.79 bits per heavy atom. The Bertz CT molecular complexity index is 245. The number of alkyl halides is 1. The van der Waals surface area contributed by atoms with E-state index in [0.717, 1.165) is 13.0 Å². The van der Waals surface area contributed by atoms with Crippen molar-refractivity contribution in [3.05, 3.63) is 0 Å². The third-order valence-corrected chi connectivity index (χ3v) is 5.34. The van der Waals surface area contributed by atoms with Crippen molar-refractivity contribution in [2.45, 2.75) is 82.4 Å². The van der Waals surface area contributed by atoms with Gasteiger partial charge in [0.15, 0.2) is 0 Å². The molecular weight excluding hydrogens is 302 g/mol. The summed E-state index contributed by atoms with van der Waals surface area (Å²) < 4.78 is 0. The van der Waals surface area contributed by atoms with Crippen LogP contribution in [0.4, 0.5) is 0 Å². The molecule has 0 aromatic heterocycles. The molecule has 2 atom stereocenters. The summed E-state index contributed by atoms with van der Waals surface area (Å²) in [6.07, 6.45) is 13.4. The van der Waals surface area contributed by atoms with Gasteiger partial charge in [0.1, 0.15) is 0 Å². The van der Waals surface area contributed by atoms with E-state index in [-0.39, 0.29) is 5.91 Å². The zero-order chi connectivity index (χ0) is 13.9. The van der Waals surface area contributed by atoms with E-state index in [9.17, 15) is 4.79 Å². The molecule has 0 radical (unpaired) electrons. The highest BCUT2D eigenvalue weighted by Gasteiger charge is 2.22. The van der Waals surface area contributed by atoms with Gasteiger partial charge in [-0.05, 0) is 25.2 Å². The number of rotatable bonds is 9. The van der Waals surface area contributed by atoms with Gasteiger partial charge in [0.25, 0.3) is 0 Å². The first-order chi connectivity index (χ1) is 9.24. The van der Waals surface area contributed by atoms with Crippen LogP contribution in [0.15, 0.2) is 0 Å². The van der Waals surface area contributed by atoms with Crippen molar-refractivity contribution in [2.24, 2.45) is 5.92 Å². The number of amides is 1. The number of nitrogens with one attached hydrogen (secondary N) is 1. The molecule has 0 aliphatic heterocycles. The predicted molar refractivity (Wildman–Crippen MR) is 85.7 cm³/mol. The smallest absolute Gasteiger partial charge is 0.220 e. The molecule has 1 N–H and O–H groups in total. The summed E-state index contributed by atoms with van der Waals surface area (Å²) in [6, 6.07) is 0. The van der Waals surface area contributed by atoms with Gasteiger partial charge in [0, 0.05) is 17.8 Å². The minimum Gasteiger partial charge on any atom is -0.356 e. The molecule has 2 unspecified atom stereocenters. The lowest BCUT2D eigenvalue weighted by molar-refractivity contribution is -0.121. The van der Waals surface area contributed by atoms with E-state index in [2.05, 4.69) is 28.2 Å². The third kappa shape index (κ3) is 7.96. The molecule has 0 aromatic carbocycles. The summed E-state index contributed by atoms with van der Waals surface area (Å²) in [5.41, 5.74) is 0. The fourth-order valence-corrected chi connectivity index (χ4v) is 3.57. The number of halogens is 1. The molecule has 0 bridgehead atoms. The maximum absolute atomic E-state index is 11.8. The van der Waals surface area contributed by atoms with Gasteiger partial charge >= 0.3 is 0 Å². The van der Waals surface area contributed by atoms with Gasteiger partial charge < -0.3 is 5.32 Å². The van der Waals surface area contributed by atoms with Crippen molar-refractivity contribution >= 4 is 21.8 Å². The first kappa shape index (κ1) is 17.0. The Hall–Kier alpha value is -0.0500. The fraction of sp³-hybridized carbons (Fsp3) is 0.938. The summed E-state index contributed by atoms with van der Waals surface area (Å²) in [4.78, 5) is 12.4. The van der Waals surface area contributed by atoms with Gasteiger partial charge in [0.05, 0.1) is 0 Å². The van der Waals surface area contributed by atoms with Crippen LogP contribution in [0.25, 0.3) is 0 Å². The van der Waals surface area contributed by atoms with Crippen LogP contribution in [-0.4, -0.2) is 17.3 Å². The third-order valence-electron chi connectivity index (χ3n) is 4.14. The van der Waals surface area contributed by atoms with E-state index in [1.165, 1.54) is 57.8 Å². The van der Waals surface area contributed by atoms with Crippen LogP contribution in [0.3, 0.4) is 0 Å². The van der Waals surface area contributed by atoms with E-state index in [1.54, 1.807) is 0 Å². The van der Waals surface area contributed by atoms with Crippen molar-refractivity contribution in [1.29, 1.82) is 0 Å². The monoisotopic (exact) mass is 331 g/mol. The fourth-order valence-electron chi connectivity index (χ4n) is 2.79. The lowest BCUT2D eigenvalue weighted by Crippen LogP contribution is -2.34. The quantitative estimate of drug-likeness (QED) is 0.476. The second kappa shape index (κ2) is 10.7. The molecule has 2 nitrogen and oxygen atoms in total. The second-order valence-electron chi connectivity index (χ2n) is 5.88. The van der Waals surface area contributed by atoms with Crippen molar-refractivity contribution in [2.75, 3.05) is 6.54 Å². The Morgan fingerprint density at radius 1 is 1.11 bits per heavy atom. The van der Waals surface area contributed by atoms with Crippen LogP contribution in [0.1, 0.15) is 77.6 Å². The summed E-state index contributed by atoms with van der Waals surface area (Å²) in [6.45, 7) is 3.10. The largest absolute Gasteiger partial charge is 0.356 e. The molecule has 1 aliphatic rings. The number of carbonyl (C=O) groups excluding carboxylic acids is 1. The average Bonchev–Trinajstić information content (AvgIpc) is 2.42. The highest BCUT2D eigenvalue weighted by molar-refractivity contribution is 9.09. The van der Waals surface area contributed by atoms with Crippen LogP contribution >= 0.6 is 15.9 Å². The maximum atomic E-state index is 11.8. The van der Waals surface area contributed by atoms with Crippen LogP contribution in [0.5, 0.6) is 0 Å². The highest BCUT2D eigenvalue weighted by atomic mass is 79.9. The number of hydrogen-bond acceptors (Lipinski definition) is 1. The molecule has 3 heteroatoms. The number of unbranched alkanes of at least 4 members (excludes halogenated alkanes) is 5. The molecule has 1 saturated carbocycles. The zero-order valence-corrected chi connectivity index (χ0v) is 14.0. The number of hydrogen-bond donors (Lipinski definition) is 1. The van der Waals surface area contributed by atoms with E-state index in [4.69, 9.17) is 0 Å². The molecule has 1 fully saturated rings. The first-order valence-corrected chi connectivity index (χ1v) is 9.06. The van der Waals surface area contributed by atoms with E-state index >= 15 is 0 Å². The summed E-state index contributed by atoms with van der Waals surface area (Å²) in [7, 11) is 0. The van der Waals surface area contributed by atoms with Crippen LogP contribution in [-0.2, 0) is 4.79 Å². The van der Waals surface area contributed by atoms with Crippen LogP contribution < -0.4 is 5.32 Å². The normalized spacial score (nSPS) is 23.3. The van der Waals surface area contributed by atoms with Gasteiger partial charge in [0.2, 0.25) is 5.91 Å². The molecular formula is C16H30BrNO. The van der Waals surface area contributed by atoms with E-state index < -0.39 is 0 Å². The average molecular weight is 332 g/mol. The van der Waals surface area contributed by atoms with Crippen molar-refractivity contribution in [3.63, 3.8) is 0 Å². The second-order valence-corrected chi connectivity index (χ2v) is 7.06.